The van der Waals surface area contributed by atoms with E-state index in [1.807, 2.05) is 67.6 Å². The minimum Gasteiger partial charge on any atom is -0.454 e. The number of hydrogen-bond donors (Lipinski definition) is 1. The lowest BCUT2D eigenvalue weighted by Gasteiger charge is -2.23. The third kappa shape index (κ3) is 8.60. The Morgan fingerprint density at radius 1 is 0.970 bits per heavy atom. The second-order valence-corrected chi connectivity index (χ2v) is 8.34. The van der Waals surface area contributed by atoms with E-state index in [4.69, 9.17) is 9.47 Å². The quantitative estimate of drug-likeness (QED) is 0.496. The van der Waals surface area contributed by atoms with Gasteiger partial charge in [0.15, 0.2) is 6.61 Å². The summed E-state index contributed by atoms with van der Waals surface area (Å²) in [6, 6.07) is 17.6. The maximum absolute atomic E-state index is 12.8. The van der Waals surface area contributed by atoms with Crippen LogP contribution in [0.1, 0.15) is 37.3 Å². The van der Waals surface area contributed by atoms with Gasteiger partial charge in [0.1, 0.15) is 12.6 Å². The number of hydrogen-bond acceptors (Lipinski definition) is 5. The van der Waals surface area contributed by atoms with Crippen LogP contribution in [-0.2, 0) is 32.1 Å². The van der Waals surface area contributed by atoms with Crippen molar-refractivity contribution in [3.63, 3.8) is 0 Å². The molecule has 0 aromatic heterocycles. The van der Waals surface area contributed by atoms with Crippen molar-refractivity contribution in [2.75, 3.05) is 19.7 Å². The molecule has 1 fully saturated rings. The largest absolute Gasteiger partial charge is 0.454 e. The van der Waals surface area contributed by atoms with Crippen molar-refractivity contribution < 1.29 is 23.9 Å². The maximum Gasteiger partial charge on any atom is 0.408 e. The number of alkyl carbamates (subject to hydrolysis) is 1. The first-order valence-corrected chi connectivity index (χ1v) is 11.5. The van der Waals surface area contributed by atoms with E-state index in [-0.39, 0.29) is 25.5 Å². The van der Waals surface area contributed by atoms with Gasteiger partial charge in [0.25, 0.3) is 5.91 Å². The molecular weight excluding hydrogens is 420 g/mol. The molecule has 0 bridgehead atoms. The molecule has 7 nitrogen and oxygen atoms in total. The van der Waals surface area contributed by atoms with Crippen molar-refractivity contribution >= 4 is 18.0 Å². The van der Waals surface area contributed by atoms with Gasteiger partial charge in [0, 0.05) is 19.5 Å². The molecule has 0 radical (unpaired) electrons. The van der Waals surface area contributed by atoms with E-state index < -0.39 is 18.1 Å². The van der Waals surface area contributed by atoms with Crippen LogP contribution in [0, 0.1) is 5.92 Å². The van der Waals surface area contributed by atoms with Crippen LogP contribution in [0.3, 0.4) is 0 Å². The lowest BCUT2D eigenvalue weighted by atomic mass is 10.1. The number of ether oxygens (including phenoxy) is 2. The third-order valence-corrected chi connectivity index (χ3v) is 5.43. The van der Waals surface area contributed by atoms with Crippen LogP contribution in [0.5, 0.6) is 0 Å². The molecule has 33 heavy (non-hydrogen) atoms. The Morgan fingerprint density at radius 3 is 2.21 bits per heavy atom. The summed E-state index contributed by atoms with van der Waals surface area (Å²) in [6.07, 6.45) is 2.64. The molecular formula is C26H32N2O5. The van der Waals surface area contributed by atoms with Crippen LogP contribution >= 0.6 is 0 Å². The predicted molar refractivity (Wildman–Crippen MR) is 124 cm³/mol. The molecule has 3 rings (SSSR count). The summed E-state index contributed by atoms with van der Waals surface area (Å²) < 4.78 is 10.6. The van der Waals surface area contributed by atoms with Gasteiger partial charge in [-0.05, 0) is 36.3 Å². The van der Waals surface area contributed by atoms with Gasteiger partial charge < -0.3 is 19.7 Å². The van der Waals surface area contributed by atoms with E-state index in [9.17, 15) is 14.4 Å². The minimum atomic E-state index is -0.966. The van der Waals surface area contributed by atoms with Crippen molar-refractivity contribution in [2.45, 2.75) is 45.3 Å². The van der Waals surface area contributed by atoms with Gasteiger partial charge in [0.05, 0.1) is 0 Å². The fraction of sp³-hybridized carbons (Fsp3) is 0.423. The molecule has 1 atom stereocenters. The highest BCUT2D eigenvalue weighted by molar-refractivity contribution is 5.85. The number of benzene rings is 2. The Balaban J connectivity index is 1.56. The molecule has 0 spiro atoms. The molecule has 1 unspecified atom stereocenters. The highest BCUT2D eigenvalue weighted by Crippen LogP contribution is 2.29. The third-order valence-electron chi connectivity index (χ3n) is 5.43. The van der Waals surface area contributed by atoms with Crippen LogP contribution in [0.4, 0.5) is 4.79 Å². The summed E-state index contributed by atoms with van der Waals surface area (Å²) in [6.45, 7) is 3.12. The molecule has 176 valence electrons. The van der Waals surface area contributed by atoms with Crippen LogP contribution < -0.4 is 5.32 Å². The van der Waals surface area contributed by atoms with Crippen LogP contribution in [0.2, 0.25) is 0 Å². The minimum absolute atomic E-state index is 0.0887. The Morgan fingerprint density at radius 2 is 1.61 bits per heavy atom. The molecule has 1 saturated carbocycles. The van der Waals surface area contributed by atoms with E-state index in [0.717, 1.165) is 30.4 Å². The molecule has 0 aliphatic heterocycles. The zero-order chi connectivity index (χ0) is 23.5. The number of nitrogens with one attached hydrogen (secondary N) is 1. The molecule has 7 heteroatoms. The zero-order valence-electron chi connectivity index (χ0n) is 19.1. The van der Waals surface area contributed by atoms with Crippen LogP contribution in [0.15, 0.2) is 60.7 Å². The smallest absolute Gasteiger partial charge is 0.408 e. The van der Waals surface area contributed by atoms with Gasteiger partial charge in [0.2, 0.25) is 0 Å². The average molecular weight is 453 g/mol. The van der Waals surface area contributed by atoms with E-state index in [1.54, 1.807) is 4.90 Å². The lowest BCUT2D eigenvalue weighted by Crippen LogP contribution is -2.45. The first-order valence-electron chi connectivity index (χ1n) is 11.5. The average Bonchev–Trinajstić information content (AvgIpc) is 3.66. The Labute approximate surface area is 195 Å². The van der Waals surface area contributed by atoms with E-state index in [0.29, 0.717) is 19.0 Å². The number of rotatable bonds is 12. The topological polar surface area (TPSA) is 84.9 Å². The maximum atomic E-state index is 12.8. The number of carbonyl (C=O) groups is 3. The van der Waals surface area contributed by atoms with Crippen molar-refractivity contribution in [3.8, 4) is 0 Å². The number of amides is 2. The Kier molecular flexibility index (Phi) is 9.30. The fourth-order valence-corrected chi connectivity index (χ4v) is 3.47. The van der Waals surface area contributed by atoms with Crippen LogP contribution in [0.25, 0.3) is 0 Å². The van der Waals surface area contributed by atoms with Gasteiger partial charge in [-0.2, -0.15) is 0 Å². The number of nitrogens with zero attached hydrogens (tertiary/aromatic N) is 1. The Bertz CT molecular complexity index is 899. The summed E-state index contributed by atoms with van der Waals surface area (Å²) >= 11 is 0. The SMILES string of the molecule is CCCN(CC1CC1)C(=O)COC(=O)C(Cc1ccccc1)NC(=O)OCc1ccccc1. The van der Waals surface area contributed by atoms with Gasteiger partial charge in [-0.15, -0.1) is 0 Å². The summed E-state index contributed by atoms with van der Waals surface area (Å²) in [5.41, 5.74) is 1.70. The van der Waals surface area contributed by atoms with Crippen molar-refractivity contribution in [2.24, 2.45) is 5.92 Å². The summed E-state index contributed by atoms with van der Waals surface area (Å²) in [4.78, 5) is 39.5. The van der Waals surface area contributed by atoms with Crippen molar-refractivity contribution in [1.82, 2.24) is 10.2 Å². The highest BCUT2D eigenvalue weighted by atomic mass is 16.6. The molecule has 2 amide bonds. The zero-order valence-corrected chi connectivity index (χ0v) is 19.1. The fourth-order valence-electron chi connectivity index (χ4n) is 3.47. The molecule has 0 saturated heterocycles. The van der Waals surface area contributed by atoms with Gasteiger partial charge >= 0.3 is 12.1 Å². The molecule has 1 N–H and O–H groups in total. The summed E-state index contributed by atoms with van der Waals surface area (Å²) in [5.74, 6) is -0.308. The highest BCUT2D eigenvalue weighted by Gasteiger charge is 2.28. The Hall–Kier alpha value is -3.35. The van der Waals surface area contributed by atoms with Crippen LogP contribution in [-0.4, -0.2) is 48.6 Å². The molecule has 0 heterocycles. The molecule has 1 aliphatic carbocycles. The van der Waals surface area contributed by atoms with Gasteiger partial charge in [-0.1, -0.05) is 67.6 Å². The standard InChI is InChI=1S/C26H32N2O5/c1-2-15-28(17-21-13-14-21)24(29)19-32-25(30)23(16-20-9-5-3-6-10-20)27-26(31)33-18-22-11-7-4-8-12-22/h3-12,21,23H,2,13-19H2,1H3,(H,27,31). The summed E-state index contributed by atoms with van der Waals surface area (Å²) in [5, 5.41) is 2.60. The summed E-state index contributed by atoms with van der Waals surface area (Å²) in [7, 11) is 0. The molecule has 2 aromatic rings. The first kappa shape index (κ1) is 24.3. The number of esters is 1. The molecule has 2 aromatic carbocycles. The van der Waals surface area contributed by atoms with Gasteiger partial charge in [-0.25, -0.2) is 9.59 Å². The predicted octanol–water partition coefficient (Wildman–Crippen LogP) is 3.72. The van der Waals surface area contributed by atoms with Gasteiger partial charge in [-0.3, -0.25) is 4.79 Å². The normalized spacial score (nSPS) is 13.6. The second-order valence-electron chi connectivity index (χ2n) is 8.34. The molecule has 1 aliphatic rings. The monoisotopic (exact) mass is 452 g/mol. The van der Waals surface area contributed by atoms with E-state index in [1.165, 1.54) is 0 Å². The first-order chi connectivity index (χ1) is 16.0. The van der Waals surface area contributed by atoms with E-state index in [2.05, 4.69) is 5.32 Å². The van der Waals surface area contributed by atoms with Crippen molar-refractivity contribution in [1.29, 1.82) is 0 Å². The van der Waals surface area contributed by atoms with Crippen molar-refractivity contribution in [3.05, 3.63) is 71.8 Å². The lowest BCUT2D eigenvalue weighted by molar-refractivity contribution is -0.153. The second kappa shape index (κ2) is 12.6. The van der Waals surface area contributed by atoms with E-state index >= 15 is 0 Å². The number of carbonyl (C=O) groups excluding carboxylic acids is 3.